The van der Waals surface area contributed by atoms with Crippen molar-refractivity contribution in [2.75, 3.05) is 25.2 Å². The summed E-state index contributed by atoms with van der Waals surface area (Å²) in [5.41, 5.74) is 4.92. The van der Waals surface area contributed by atoms with Gasteiger partial charge in [-0.2, -0.15) is 0 Å². The van der Waals surface area contributed by atoms with Gasteiger partial charge in [-0.05, 0) is 67.5 Å². The maximum Gasteiger partial charge on any atom is 0.251 e. The van der Waals surface area contributed by atoms with Crippen LogP contribution in [0.15, 0.2) is 42.5 Å². The second-order valence-electron chi connectivity index (χ2n) is 8.42. The minimum absolute atomic E-state index is 0.0422. The molecule has 1 aliphatic carbocycles. The molecule has 5 heteroatoms. The summed E-state index contributed by atoms with van der Waals surface area (Å²) in [6.07, 6.45) is 6.10. The van der Waals surface area contributed by atoms with Gasteiger partial charge >= 0.3 is 0 Å². The summed E-state index contributed by atoms with van der Waals surface area (Å²) in [5, 5.41) is 2.97. The number of rotatable bonds is 9. The molecule has 0 heterocycles. The van der Waals surface area contributed by atoms with E-state index in [2.05, 4.69) is 23.5 Å². The lowest BCUT2D eigenvalue weighted by atomic mass is 9.99. The Balaban J connectivity index is 1.68. The van der Waals surface area contributed by atoms with E-state index in [0.717, 1.165) is 53.6 Å². The molecule has 2 aromatic carbocycles. The van der Waals surface area contributed by atoms with Crippen molar-refractivity contribution in [2.24, 2.45) is 0 Å². The number of ether oxygens (including phenoxy) is 1. The van der Waals surface area contributed by atoms with Crippen LogP contribution in [0.3, 0.4) is 0 Å². The van der Waals surface area contributed by atoms with Gasteiger partial charge in [-0.25, -0.2) is 0 Å². The molecule has 5 nitrogen and oxygen atoms in total. The predicted octanol–water partition coefficient (Wildman–Crippen LogP) is 4.65. The topological polar surface area (TPSA) is 58.6 Å². The number of nitrogens with one attached hydrogen (secondary N) is 1. The molecule has 31 heavy (non-hydrogen) atoms. The van der Waals surface area contributed by atoms with E-state index in [1.165, 1.54) is 12.8 Å². The van der Waals surface area contributed by atoms with Gasteiger partial charge in [0.25, 0.3) is 5.91 Å². The SMILES string of the molecule is COCCCNC(=O)c1cc(Cc2ccc(N(C(C)=O)C3CCCC3)cc2)ccc1C. The summed E-state index contributed by atoms with van der Waals surface area (Å²) in [5.74, 6) is 0.0683. The molecule has 0 aliphatic heterocycles. The number of aryl methyl sites for hydroxylation is 1. The van der Waals surface area contributed by atoms with Gasteiger partial charge in [0.2, 0.25) is 5.91 Å². The van der Waals surface area contributed by atoms with Gasteiger partial charge in [0.1, 0.15) is 0 Å². The largest absolute Gasteiger partial charge is 0.385 e. The molecule has 0 atom stereocenters. The molecule has 1 saturated carbocycles. The molecule has 0 saturated heterocycles. The average Bonchev–Trinajstić information content (AvgIpc) is 3.28. The summed E-state index contributed by atoms with van der Waals surface area (Å²) in [6.45, 7) is 4.85. The molecule has 3 rings (SSSR count). The summed E-state index contributed by atoms with van der Waals surface area (Å²) < 4.78 is 5.03. The number of anilines is 1. The van der Waals surface area contributed by atoms with Crippen molar-refractivity contribution in [3.05, 3.63) is 64.7 Å². The van der Waals surface area contributed by atoms with Gasteiger partial charge < -0.3 is 15.0 Å². The molecule has 2 aromatic rings. The number of nitrogens with zero attached hydrogens (tertiary/aromatic N) is 1. The van der Waals surface area contributed by atoms with Crippen molar-refractivity contribution in [2.45, 2.75) is 58.4 Å². The lowest BCUT2D eigenvalue weighted by molar-refractivity contribution is -0.117. The highest BCUT2D eigenvalue weighted by Crippen LogP contribution is 2.29. The molecule has 0 radical (unpaired) electrons. The number of methoxy groups -OCH3 is 1. The smallest absolute Gasteiger partial charge is 0.251 e. The maximum absolute atomic E-state index is 12.6. The summed E-state index contributed by atoms with van der Waals surface area (Å²) in [4.78, 5) is 26.7. The van der Waals surface area contributed by atoms with E-state index in [9.17, 15) is 9.59 Å². The number of hydrogen-bond donors (Lipinski definition) is 1. The Morgan fingerprint density at radius 3 is 2.39 bits per heavy atom. The molecular formula is C26H34N2O3. The van der Waals surface area contributed by atoms with Crippen LogP contribution in [0.1, 0.15) is 66.1 Å². The lowest BCUT2D eigenvalue weighted by Crippen LogP contribution is -2.37. The molecule has 2 amide bonds. The summed E-state index contributed by atoms with van der Waals surface area (Å²) >= 11 is 0. The van der Waals surface area contributed by atoms with Gasteiger partial charge in [-0.1, -0.05) is 37.1 Å². The van der Waals surface area contributed by atoms with Crippen LogP contribution < -0.4 is 10.2 Å². The van der Waals surface area contributed by atoms with Crippen molar-refractivity contribution in [3.8, 4) is 0 Å². The zero-order valence-corrected chi connectivity index (χ0v) is 18.9. The second kappa shape index (κ2) is 11.1. The monoisotopic (exact) mass is 422 g/mol. The Bertz CT molecular complexity index is 886. The third-order valence-electron chi connectivity index (χ3n) is 6.01. The number of hydrogen-bond acceptors (Lipinski definition) is 3. The number of benzene rings is 2. The lowest BCUT2D eigenvalue weighted by Gasteiger charge is -2.28. The van der Waals surface area contributed by atoms with Crippen LogP contribution in [0.2, 0.25) is 0 Å². The third-order valence-corrected chi connectivity index (χ3v) is 6.01. The first kappa shape index (κ1) is 23.0. The number of carbonyl (C=O) groups is 2. The van der Waals surface area contributed by atoms with E-state index in [1.54, 1.807) is 14.0 Å². The van der Waals surface area contributed by atoms with E-state index in [4.69, 9.17) is 4.74 Å². The normalized spacial score (nSPS) is 13.9. The number of amides is 2. The van der Waals surface area contributed by atoms with Crippen LogP contribution in [0.25, 0.3) is 0 Å². The highest BCUT2D eigenvalue weighted by atomic mass is 16.5. The van der Waals surface area contributed by atoms with Gasteiger partial charge in [0.05, 0.1) is 0 Å². The van der Waals surface area contributed by atoms with Crippen LogP contribution in [-0.2, 0) is 16.0 Å². The maximum atomic E-state index is 12.6. The average molecular weight is 423 g/mol. The van der Waals surface area contributed by atoms with Crippen molar-refractivity contribution in [3.63, 3.8) is 0 Å². The fourth-order valence-corrected chi connectivity index (χ4v) is 4.36. The van der Waals surface area contributed by atoms with Crippen molar-refractivity contribution in [1.29, 1.82) is 0 Å². The molecule has 0 unspecified atom stereocenters. The Kier molecular flexibility index (Phi) is 8.24. The fraction of sp³-hybridized carbons (Fsp3) is 0.462. The highest BCUT2D eigenvalue weighted by molar-refractivity contribution is 5.95. The molecule has 1 N–H and O–H groups in total. The molecular weight excluding hydrogens is 388 g/mol. The van der Waals surface area contributed by atoms with E-state index in [0.29, 0.717) is 19.2 Å². The van der Waals surface area contributed by atoms with E-state index >= 15 is 0 Å². The van der Waals surface area contributed by atoms with Gasteiger partial charge in [0.15, 0.2) is 0 Å². The highest BCUT2D eigenvalue weighted by Gasteiger charge is 2.25. The molecule has 166 valence electrons. The van der Waals surface area contributed by atoms with Crippen molar-refractivity contribution >= 4 is 17.5 Å². The second-order valence-corrected chi connectivity index (χ2v) is 8.42. The van der Waals surface area contributed by atoms with Crippen molar-refractivity contribution < 1.29 is 14.3 Å². The molecule has 0 bridgehead atoms. The Morgan fingerprint density at radius 1 is 1.06 bits per heavy atom. The van der Waals surface area contributed by atoms with E-state index in [-0.39, 0.29) is 11.8 Å². The van der Waals surface area contributed by atoms with Crippen LogP contribution in [-0.4, -0.2) is 38.1 Å². The zero-order valence-electron chi connectivity index (χ0n) is 18.9. The fourth-order valence-electron chi connectivity index (χ4n) is 4.36. The first-order chi connectivity index (χ1) is 15.0. The molecule has 0 spiro atoms. The third kappa shape index (κ3) is 6.17. The summed E-state index contributed by atoms with van der Waals surface area (Å²) in [6, 6.07) is 14.7. The standard InChI is InChI=1S/C26H34N2O3/c1-19-9-10-22(18-25(19)26(30)27-15-6-16-31-3)17-21-11-13-24(14-12-21)28(20(2)29)23-7-4-5-8-23/h9-14,18,23H,4-8,15-17H2,1-3H3,(H,27,30). The van der Waals surface area contributed by atoms with Crippen LogP contribution in [0, 0.1) is 6.92 Å². The molecule has 0 aromatic heterocycles. The molecule has 1 fully saturated rings. The quantitative estimate of drug-likeness (QED) is 0.599. The Labute approximate surface area is 185 Å². The first-order valence-electron chi connectivity index (χ1n) is 11.2. The summed E-state index contributed by atoms with van der Waals surface area (Å²) in [7, 11) is 1.66. The van der Waals surface area contributed by atoms with Crippen LogP contribution in [0.5, 0.6) is 0 Å². The van der Waals surface area contributed by atoms with Crippen LogP contribution >= 0.6 is 0 Å². The van der Waals surface area contributed by atoms with Gasteiger partial charge in [0, 0.05) is 44.5 Å². The van der Waals surface area contributed by atoms with Crippen LogP contribution in [0.4, 0.5) is 5.69 Å². The molecule has 1 aliphatic rings. The Hall–Kier alpha value is -2.66. The minimum atomic E-state index is -0.0422. The Morgan fingerprint density at radius 2 is 1.74 bits per heavy atom. The van der Waals surface area contributed by atoms with Gasteiger partial charge in [-0.15, -0.1) is 0 Å². The number of carbonyl (C=O) groups excluding carboxylic acids is 2. The zero-order chi connectivity index (χ0) is 22.2. The first-order valence-corrected chi connectivity index (χ1v) is 11.2. The minimum Gasteiger partial charge on any atom is -0.385 e. The van der Waals surface area contributed by atoms with Gasteiger partial charge in [-0.3, -0.25) is 9.59 Å². The van der Waals surface area contributed by atoms with E-state index in [1.807, 2.05) is 36.1 Å². The predicted molar refractivity (Wildman–Crippen MR) is 125 cm³/mol. The van der Waals surface area contributed by atoms with Crippen molar-refractivity contribution in [1.82, 2.24) is 5.32 Å². The van der Waals surface area contributed by atoms with E-state index < -0.39 is 0 Å².